The van der Waals surface area contributed by atoms with Crippen molar-refractivity contribution in [3.63, 3.8) is 0 Å². The largest absolute Gasteiger partial charge is 0.447 e. The van der Waals surface area contributed by atoms with Crippen molar-refractivity contribution in [2.24, 2.45) is 16.1 Å². The Labute approximate surface area is 320 Å². The molecule has 3 heterocycles. The van der Waals surface area contributed by atoms with Gasteiger partial charge in [0.1, 0.15) is 24.4 Å². The monoisotopic (exact) mass is 816 g/mol. The number of alkyl carbamates (subject to hydrolysis) is 1. The van der Waals surface area contributed by atoms with Crippen LogP contribution in [0.4, 0.5) is 39.9 Å². The third kappa shape index (κ3) is 11.6. The van der Waals surface area contributed by atoms with E-state index in [1.807, 2.05) is 0 Å². The summed E-state index contributed by atoms with van der Waals surface area (Å²) in [4.78, 5) is 38.5. The maximum Gasteiger partial charge on any atom is 0.407 e. The summed E-state index contributed by atoms with van der Waals surface area (Å²) in [5.74, 6) is -3.03. The second-order valence-electron chi connectivity index (χ2n) is 13.9. The third-order valence-corrected chi connectivity index (χ3v) is 7.88. The van der Waals surface area contributed by atoms with Crippen LogP contribution in [0.1, 0.15) is 88.1 Å². The zero-order chi connectivity index (χ0) is 41.5. The molecule has 302 valence electrons. The van der Waals surface area contributed by atoms with Gasteiger partial charge in [-0.1, -0.05) is 63.6 Å². The van der Waals surface area contributed by atoms with Gasteiger partial charge in [-0.15, -0.1) is 0 Å². The van der Waals surface area contributed by atoms with Crippen molar-refractivity contribution in [2.45, 2.75) is 71.6 Å². The Morgan fingerprint density at radius 2 is 1.66 bits per heavy atom. The normalized spacial score (nSPS) is 15.1. The van der Waals surface area contributed by atoms with E-state index in [0.717, 1.165) is 34.2 Å². The molecule has 0 saturated heterocycles. The van der Waals surface area contributed by atoms with Gasteiger partial charge in [0.25, 0.3) is 18.8 Å². The number of hydrogen-bond donors (Lipinski definition) is 2. The van der Waals surface area contributed by atoms with Crippen molar-refractivity contribution in [1.82, 2.24) is 30.0 Å². The molecule has 0 radical (unpaired) electrons. The fourth-order valence-electron chi connectivity index (χ4n) is 5.13. The highest BCUT2D eigenvalue weighted by molar-refractivity contribution is 6.32. The smallest absolute Gasteiger partial charge is 0.407 e. The van der Waals surface area contributed by atoms with Crippen LogP contribution < -0.4 is 11.1 Å². The molecule has 0 fully saturated rings. The summed E-state index contributed by atoms with van der Waals surface area (Å²) in [5.41, 5.74) is 6.51. The number of amides is 2. The van der Waals surface area contributed by atoms with Gasteiger partial charge < -0.3 is 15.8 Å². The molecule has 1 aliphatic rings. The SMILES string of the molecule is CC(C)(C)C.NC1=NC(c2ccc(-c3ccc(C(F)F)nc3)cc2F)C(=O)N1C(COC(=O)NCCCC(F)(F)F)c1ccc(Cl)c(-n2ncnc2C(F)F)c1. The van der Waals surface area contributed by atoms with Crippen LogP contribution in [0, 0.1) is 11.2 Å². The van der Waals surface area contributed by atoms with Crippen molar-refractivity contribution >= 4 is 29.6 Å². The van der Waals surface area contributed by atoms with Crippen LogP contribution in [0.2, 0.25) is 5.02 Å². The summed E-state index contributed by atoms with van der Waals surface area (Å²) in [6, 6.07) is 7.07. The number of alkyl halides is 7. The summed E-state index contributed by atoms with van der Waals surface area (Å²) < 4.78 is 112. The molecule has 2 atom stereocenters. The molecular weight excluding hydrogens is 780 g/mol. The van der Waals surface area contributed by atoms with Crippen LogP contribution in [0.5, 0.6) is 0 Å². The minimum Gasteiger partial charge on any atom is -0.447 e. The number of pyridine rings is 1. The molecule has 0 bridgehead atoms. The predicted octanol–water partition coefficient (Wildman–Crippen LogP) is 9.06. The number of benzene rings is 2. The third-order valence-electron chi connectivity index (χ3n) is 7.56. The Hall–Kier alpha value is -5.33. The van der Waals surface area contributed by atoms with Gasteiger partial charge in [0.05, 0.1) is 16.8 Å². The Balaban J connectivity index is 0.00000131. The molecule has 20 heteroatoms. The van der Waals surface area contributed by atoms with Gasteiger partial charge in [-0.05, 0) is 47.2 Å². The summed E-state index contributed by atoms with van der Waals surface area (Å²) in [6.45, 7) is 7.66. The summed E-state index contributed by atoms with van der Waals surface area (Å²) in [6.07, 6.45) is -11.1. The van der Waals surface area contributed by atoms with Gasteiger partial charge in [0.15, 0.2) is 17.8 Å². The Kier molecular flexibility index (Phi) is 14.0. The van der Waals surface area contributed by atoms with E-state index in [1.165, 1.54) is 36.4 Å². The molecular formula is C36H37ClF8N8O3. The summed E-state index contributed by atoms with van der Waals surface area (Å²) >= 11 is 6.30. The van der Waals surface area contributed by atoms with Crippen molar-refractivity contribution in [1.29, 1.82) is 0 Å². The minimum absolute atomic E-state index is 0.0679. The van der Waals surface area contributed by atoms with Crippen molar-refractivity contribution < 1.29 is 49.4 Å². The number of aromatic nitrogens is 4. The van der Waals surface area contributed by atoms with E-state index in [-0.39, 0.29) is 27.4 Å². The van der Waals surface area contributed by atoms with E-state index in [9.17, 15) is 40.3 Å². The van der Waals surface area contributed by atoms with Crippen LogP contribution in [0.15, 0.2) is 66.0 Å². The molecule has 3 N–H and O–H groups in total. The lowest BCUT2D eigenvalue weighted by molar-refractivity contribution is -0.135. The molecule has 2 aromatic carbocycles. The average molecular weight is 817 g/mol. The fourth-order valence-corrected chi connectivity index (χ4v) is 5.33. The molecule has 2 unspecified atom stereocenters. The van der Waals surface area contributed by atoms with Crippen LogP contribution >= 0.6 is 11.6 Å². The zero-order valence-corrected chi connectivity index (χ0v) is 31.1. The number of carbonyl (C=O) groups excluding carboxylic acids is 2. The maximum absolute atomic E-state index is 15.5. The molecule has 2 amide bonds. The lowest BCUT2D eigenvalue weighted by Gasteiger charge is -2.28. The van der Waals surface area contributed by atoms with Gasteiger partial charge in [-0.3, -0.25) is 14.7 Å². The standard InChI is InChI=1S/C31H25ClF8N8O3.C5H12/c32-19-6-3-16(11-22(19)48-27(26(36)37)44-14-45-48)23(13-51-30(50)42-9-1-8-31(38,39)40)47-28(49)24(46-29(47)41)18-5-2-15(10-20(18)33)17-4-7-21(25(34)35)43-12-17;1-5(2,3)4/h2-7,10-12,14,23-26H,1,8-9,13H2,(H2,41,46)(H,42,50);1-4H3. The van der Waals surface area contributed by atoms with Gasteiger partial charge >= 0.3 is 12.3 Å². The number of guanidine groups is 1. The molecule has 0 aliphatic carbocycles. The van der Waals surface area contributed by atoms with Crippen molar-refractivity contribution in [3.05, 3.63) is 94.5 Å². The van der Waals surface area contributed by atoms with E-state index in [4.69, 9.17) is 22.1 Å². The first kappa shape index (κ1) is 43.4. The van der Waals surface area contributed by atoms with Gasteiger partial charge in [0, 0.05) is 30.3 Å². The second kappa shape index (κ2) is 18.1. The maximum atomic E-state index is 15.5. The Bertz CT molecular complexity index is 2010. The molecule has 5 rings (SSSR count). The topological polar surface area (TPSA) is 141 Å². The number of hydrogen-bond acceptors (Lipinski definition) is 8. The van der Waals surface area contributed by atoms with E-state index < -0.39 is 92.4 Å². The fraction of sp³-hybridized carbons (Fsp3) is 0.389. The number of carbonyl (C=O) groups is 2. The first-order valence-electron chi connectivity index (χ1n) is 16.8. The van der Waals surface area contributed by atoms with Crippen molar-refractivity contribution in [2.75, 3.05) is 13.2 Å². The molecule has 56 heavy (non-hydrogen) atoms. The van der Waals surface area contributed by atoms with Crippen LogP contribution in [0.3, 0.4) is 0 Å². The predicted molar refractivity (Wildman–Crippen MR) is 190 cm³/mol. The minimum atomic E-state index is -4.44. The zero-order valence-electron chi connectivity index (χ0n) is 30.3. The van der Waals surface area contributed by atoms with Gasteiger partial charge in [-0.25, -0.2) is 41.4 Å². The number of aliphatic imine (C=N–C) groups is 1. The van der Waals surface area contributed by atoms with E-state index in [1.54, 1.807) is 0 Å². The first-order chi connectivity index (χ1) is 26.1. The first-order valence-corrected chi connectivity index (χ1v) is 17.2. The number of rotatable bonds is 12. The highest BCUT2D eigenvalue weighted by atomic mass is 35.5. The van der Waals surface area contributed by atoms with E-state index in [2.05, 4.69) is 53.1 Å². The number of nitrogens with one attached hydrogen (secondary N) is 1. The van der Waals surface area contributed by atoms with Crippen LogP contribution in [0.25, 0.3) is 16.8 Å². The van der Waals surface area contributed by atoms with Crippen molar-refractivity contribution in [3.8, 4) is 16.8 Å². The summed E-state index contributed by atoms with van der Waals surface area (Å²) in [5, 5.41) is 5.89. The second-order valence-corrected chi connectivity index (χ2v) is 14.3. The number of halogens is 9. The number of ether oxygens (including phenoxy) is 1. The quantitative estimate of drug-likeness (QED) is 0.107. The van der Waals surface area contributed by atoms with E-state index in [0.29, 0.717) is 11.0 Å². The lowest BCUT2D eigenvalue weighted by Crippen LogP contribution is -2.43. The highest BCUT2D eigenvalue weighted by Crippen LogP contribution is 2.37. The lowest BCUT2D eigenvalue weighted by atomic mass is 9.99. The summed E-state index contributed by atoms with van der Waals surface area (Å²) in [7, 11) is 0. The number of nitrogens with zero attached hydrogens (tertiary/aromatic N) is 6. The highest BCUT2D eigenvalue weighted by Gasteiger charge is 2.41. The van der Waals surface area contributed by atoms with Crippen LogP contribution in [-0.4, -0.2) is 61.9 Å². The molecule has 0 saturated carbocycles. The Morgan fingerprint density at radius 1 is 0.982 bits per heavy atom. The van der Waals surface area contributed by atoms with Gasteiger partial charge in [-0.2, -0.15) is 18.3 Å². The number of nitrogens with two attached hydrogens (primary N) is 1. The van der Waals surface area contributed by atoms with Gasteiger partial charge in [0.2, 0.25) is 0 Å². The van der Waals surface area contributed by atoms with E-state index >= 15 is 4.39 Å². The van der Waals surface area contributed by atoms with Crippen LogP contribution in [-0.2, 0) is 9.53 Å². The molecule has 4 aromatic rings. The Morgan fingerprint density at radius 3 is 2.25 bits per heavy atom. The molecule has 11 nitrogen and oxygen atoms in total. The molecule has 0 spiro atoms. The molecule has 2 aromatic heterocycles. The average Bonchev–Trinajstić information content (AvgIpc) is 3.71. The molecule has 1 aliphatic heterocycles.